The van der Waals surface area contributed by atoms with Gasteiger partial charge in [0.1, 0.15) is 16.7 Å². The highest BCUT2D eigenvalue weighted by Crippen LogP contribution is 2.42. The van der Waals surface area contributed by atoms with Crippen molar-refractivity contribution in [2.75, 3.05) is 4.90 Å². The van der Waals surface area contributed by atoms with E-state index < -0.39 is 11.2 Å². The lowest BCUT2D eigenvalue weighted by Crippen LogP contribution is -2.32. The van der Waals surface area contributed by atoms with Crippen molar-refractivity contribution in [1.29, 1.82) is 5.26 Å². The molecule has 3 aromatic carbocycles. The molecule has 0 aromatic heterocycles. The highest BCUT2D eigenvalue weighted by Gasteiger charge is 2.41. The van der Waals surface area contributed by atoms with Crippen molar-refractivity contribution in [2.45, 2.75) is 57.7 Å². The number of nitriles is 1. The predicted molar refractivity (Wildman–Crippen MR) is 155 cm³/mol. The molecule has 0 spiro atoms. The van der Waals surface area contributed by atoms with Gasteiger partial charge < -0.3 is 5.32 Å². The van der Waals surface area contributed by atoms with E-state index in [1.807, 2.05) is 61.5 Å². The fourth-order valence-electron chi connectivity index (χ4n) is 4.45. The van der Waals surface area contributed by atoms with Crippen LogP contribution in [0.25, 0.3) is 0 Å². The van der Waals surface area contributed by atoms with Gasteiger partial charge in [0.2, 0.25) is 5.91 Å². The molecule has 0 bridgehead atoms. The summed E-state index contributed by atoms with van der Waals surface area (Å²) < 4.78 is 0. The molecule has 1 aliphatic rings. The Morgan fingerprint density at radius 1 is 0.947 bits per heavy atom. The molecule has 1 heterocycles. The van der Waals surface area contributed by atoms with Gasteiger partial charge >= 0.3 is 0 Å². The molecule has 5 nitrogen and oxygen atoms in total. The van der Waals surface area contributed by atoms with Crippen LogP contribution in [-0.4, -0.2) is 17.1 Å². The van der Waals surface area contributed by atoms with Gasteiger partial charge in [-0.1, -0.05) is 99.3 Å². The molecule has 0 radical (unpaired) electrons. The lowest BCUT2D eigenvalue weighted by atomic mass is 10.0. The third-order valence-electron chi connectivity index (χ3n) is 6.82. The predicted octanol–water partition coefficient (Wildman–Crippen LogP) is 6.68. The minimum atomic E-state index is -0.490. The third kappa shape index (κ3) is 6.00. The Balaban J connectivity index is 1.69. The van der Waals surface area contributed by atoms with E-state index in [0.717, 1.165) is 23.1 Å². The summed E-state index contributed by atoms with van der Waals surface area (Å²) in [6.45, 7) is 8.22. The third-order valence-corrected chi connectivity index (χ3v) is 8.09. The van der Waals surface area contributed by atoms with Gasteiger partial charge in [0.15, 0.2) is 0 Å². The first-order chi connectivity index (χ1) is 18.3. The monoisotopic (exact) mass is 523 g/mol. The minimum absolute atomic E-state index is 0.0529. The average molecular weight is 524 g/mol. The number of hydrogen-bond acceptors (Lipinski definition) is 4. The second kappa shape index (κ2) is 12.1. The van der Waals surface area contributed by atoms with E-state index in [-0.39, 0.29) is 17.5 Å². The normalized spacial score (nSPS) is 17.3. The second-order valence-electron chi connectivity index (χ2n) is 9.80. The van der Waals surface area contributed by atoms with Crippen LogP contribution in [0.3, 0.4) is 0 Å². The van der Waals surface area contributed by atoms with Gasteiger partial charge in [0.05, 0.1) is 11.3 Å². The molecule has 0 saturated carbocycles. The van der Waals surface area contributed by atoms with Crippen molar-refractivity contribution >= 4 is 29.3 Å². The fraction of sp³-hybridized carbons (Fsp3) is 0.281. The minimum Gasteiger partial charge on any atom is -0.345 e. The Morgan fingerprint density at radius 3 is 2.16 bits per heavy atom. The first kappa shape index (κ1) is 27.2. The summed E-state index contributed by atoms with van der Waals surface area (Å²) >= 11 is 1.29. The number of carbonyl (C=O) groups excluding carboxylic acids is 2. The zero-order chi connectivity index (χ0) is 27.2. The maximum absolute atomic E-state index is 13.8. The second-order valence-corrected chi connectivity index (χ2v) is 11.0. The van der Waals surface area contributed by atoms with Gasteiger partial charge in [-0.3, -0.25) is 14.5 Å². The quantitative estimate of drug-likeness (QED) is 0.264. The Kier molecular flexibility index (Phi) is 8.70. The summed E-state index contributed by atoms with van der Waals surface area (Å²) in [4.78, 5) is 28.7. The van der Waals surface area contributed by atoms with Crippen LogP contribution in [0.15, 0.2) is 89.5 Å². The largest absolute Gasteiger partial charge is 0.345 e. The first-order valence-corrected chi connectivity index (χ1v) is 13.9. The summed E-state index contributed by atoms with van der Waals surface area (Å²) in [7, 11) is 0. The highest BCUT2D eigenvalue weighted by atomic mass is 32.2. The van der Waals surface area contributed by atoms with Crippen molar-refractivity contribution in [2.24, 2.45) is 0 Å². The molecular formula is C32H33N3O2S. The van der Waals surface area contributed by atoms with Crippen LogP contribution >= 0.6 is 11.8 Å². The van der Waals surface area contributed by atoms with Gasteiger partial charge in [-0.05, 0) is 60.1 Å². The zero-order valence-electron chi connectivity index (χ0n) is 22.3. The van der Waals surface area contributed by atoms with Crippen LogP contribution in [0.1, 0.15) is 61.9 Å². The number of aryl methyl sites for hydroxylation is 1. The van der Waals surface area contributed by atoms with Crippen LogP contribution in [0.5, 0.6) is 0 Å². The lowest BCUT2D eigenvalue weighted by Gasteiger charge is -2.20. The molecule has 3 aromatic rings. The summed E-state index contributed by atoms with van der Waals surface area (Å²) in [5.41, 5.74) is 4.98. The van der Waals surface area contributed by atoms with Gasteiger partial charge in [0, 0.05) is 5.69 Å². The molecule has 6 heteroatoms. The number of nitrogens with one attached hydrogen (secondary N) is 1. The maximum Gasteiger partial charge on any atom is 0.265 e. The summed E-state index contributed by atoms with van der Waals surface area (Å²) in [6.07, 6.45) is 1.46. The number of thioether (sulfide) groups is 1. The molecule has 1 aliphatic heterocycles. The van der Waals surface area contributed by atoms with E-state index in [0.29, 0.717) is 23.1 Å². The lowest BCUT2D eigenvalue weighted by molar-refractivity contribution is -0.117. The molecule has 4 rings (SSSR count). The van der Waals surface area contributed by atoms with Crippen molar-refractivity contribution in [3.8, 4) is 6.07 Å². The molecule has 2 atom stereocenters. The van der Waals surface area contributed by atoms with E-state index in [4.69, 9.17) is 0 Å². The van der Waals surface area contributed by atoms with E-state index in [2.05, 4.69) is 56.4 Å². The Labute approximate surface area is 229 Å². The molecule has 1 fully saturated rings. The summed E-state index contributed by atoms with van der Waals surface area (Å²) in [5.74, 6) is -0.268. The Hall–Kier alpha value is -3.82. The highest BCUT2D eigenvalue weighted by molar-refractivity contribution is 8.05. The fourth-order valence-corrected chi connectivity index (χ4v) is 5.76. The number of rotatable bonds is 8. The molecule has 38 heavy (non-hydrogen) atoms. The molecular weight excluding hydrogens is 490 g/mol. The molecule has 1 N–H and O–H groups in total. The maximum atomic E-state index is 13.8. The Bertz CT molecular complexity index is 1360. The van der Waals surface area contributed by atoms with Crippen LogP contribution in [0.2, 0.25) is 0 Å². The van der Waals surface area contributed by atoms with Crippen LogP contribution in [-0.2, 0) is 22.4 Å². The summed E-state index contributed by atoms with van der Waals surface area (Å²) in [5, 5.41) is 13.0. The van der Waals surface area contributed by atoms with Crippen molar-refractivity contribution in [3.63, 3.8) is 0 Å². The molecule has 2 amide bonds. The molecule has 2 unspecified atom stereocenters. The van der Waals surface area contributed by atoms with Crippen molar-refractivity contribution in [1.82, 2.24) is 5.32 Å². The SMILES string of the molecule is CCc1ccc(CC2S/C(=C(/C#N)C(=O)NC(C)c3ccccc3)N(c3ccc(C(C)C)cc3)C2=O)cc1. The number of benzene rings is 3. The van der Waals surface area contributed by atoms with E-state index >= 15 is 0 Å². The number of anilines is 1. The van der Waals surface area contributed by atoms with Gasteiger partial charge in [-0.2, -0.15) is 5.26 Å². The number of hydrogen-bond donors (Lipinski definition) is 1. The first-order valence-electron chi connectivity index (χ1n) is 13.0. The van der Waals surface area contributed by atoms with Gasteiger partial charge in [-0.25, -0.2) is 0 Å². The van der Waals surface area contributed by atoms with Crippen molar-refractivity contribution < 1.29 is 9.59 Å². The van der Waals surface area contributed by atoms with E-state index in [1.165, 1.54) is 17.3 Å². The number of carbonyl (C=O) groups is 2. The molecule has 1 saturated heterocycles. The average Bonchev–Trinajstić information content (AvgIpc) is 3.25. The zero-order valence-corrected chi connectivity index (χ0v) is 23.1. The summed E-state index contributed by atoms with van der Waals surface area (Å²) in [6, 6.07) is 27.5. The van der Waals surface area contributed by atoms with Crippen LogP contribution in [0.4, 0.5) is 5.69 Å². The smallest absolute Gasteiger partial charge is 0.265 e. The topological polar surface area (TPSA) is 73.2 Å². The van der Waals surface area contributed by atoms with E-state index in [9.17, 15) is 14.9 Å². The van der Waals surface area contributed by atoms with E-state index in [1.54, 1.807) is 4.90 Å². The van der Waals surface area contributed by atoms with Gasteiger partial charge in [0.25, 0.3) is 5.91 Å². The Morgan fingerprint density at radius 2 is 1.58 bits per heavy atom. The number of nitrogens with zero attached hydrogens (tertiary/aromatic N) is 2. The number of amides is 2. The van der Waals surface area contributed by atoms with Crippen molar-refractivity contribution in [3.05, 3.63) is 112 Å². The van der Waals surface area contributed by atoms with Crippen LogP contribution < -0.4 is 10.2 Å². The van der Waals surface area contributed by atoms with Gasteiger partial charge in [-0.15, -0.1) is 0 Å². The van der Waals surface area contributed by atoms with Crippen LogP contribution in [0, 0.1) is 11.3 Å². The molecule has 0 aliphatic carbocycles. The molecule has 194 valence electrons. The standard InChI is InChI=1S/C32H33N3O2S/c1-5-23-11-13-24(14-12-23)19-29-31(37)35(27-17-15-25(16-18-27)21(2)3)32(38-29)28(20-33)30(36)34-22(4)26-9-7-6-8-10-26/h6-18,21-22,29H,5,19H2,1-4H3,(H,34,36)/b32-28-.